The highest BCUT2D eigenvalue weighted by atomic mass is 16.3. The van der Waals surface area contributed by atoms with Crippen LogP contribution in [0, 0.1) is 0 Å². The third kappa shape index (κ3) is 1.25. The summed E-state index contributed by atoms with van der Waals surface area (Å²) >= 11 is 0. The molecule has 3 nitrogen and oxygen atoms in total. The van der Waals surface area contributed by atoms with Gasteiger partial charge in [-0.15, -0.1) is 0 Å². The van der Waals surface area contributed by atoms with E-state index in [2.05, 4.69) is 0 Å². The third-order valence-corrected chi connectivity index (χ3v) is 3.11. The molecule has 2 aromatic carbocycles. The van der Waals surface area contributed by atoms with Crippen molar-refractivity contribution in [3.8, 4) is 5.75 Å². The predicted octanol–water partition coefficient (Wildman–Crippen LogP) is 2.40. The third-order valence-electron chi connectivity index (χ3n) is 3.11. The Balaban J connectivity index is 2.77. The van der Waals surface area contributed by atoms with Crippen molar-refractivity contribution in [3.05, 3.63) is 52.8 Å². The first-order valence-corrected chi connectivity index (χ1v) is 5.39. The molecule has 0 bridgehead atoms. The molecule has 0 spiro atoms. The lowest BCUT2D eigenvalue weighted by molar-refractivity contribution is 0.482. The summed E-state index contributed by atoms with van der Waals surface area (Å²) in [6.45, 7) is 0. The predicted molar refractivity (Wildman–Crippen MR) is 68.4 cm³/mol. The molecular weight excluding hydrogens is 214 g/mol. The number of aromatic hydroxyl groups is 1. The van der Waals surface area contributed by atoms with Crippen LogP contribution in [0.5, 0.6) is 5.75 Å². The minimum Gasteiger partial charge on any atom is -0.507 e. The van der Waals surface area contributed by atoms with Crippen molar-refractivity contribution in [2.24, 2.45) is 7.05 Å². The molecule has 1 aromatic heterocycles. The molecule has 0 saturated heterocycles. The van der Waals surface area contributed by atoms with Crippen molar-refractivity contribution in [1.82, 2.24) is 4.57 Å². The minimum absolute atomic E-state index is 0.0883. The van der Waals surface area contributed by atoms with Gasteiger partial charge in [-0.05, 0) is 18.2 Å². The monoisotopic (exact) mass is 225 g/mol. The van der Waals surface area contributed by atoms with Crippen LogP contribution in [0.2, 0.25) is 0 Å². The van der Waals surface area contributed by atoms with Gasteiger partial charge in [0.1, 0.15) is 5.75 Å². The van der Waals surface area contributed by atoms with E-state index in [1.807, 2.05) is 24.3 Å². The lowest BCUT2D eigenvalue weighted by Crippen LogP contribution is -2.17. The second-order valence-electron chi connectivity index (χ2n) is 4.08. The van der Waals surface area contributed by atoms with Crippen molar-refractivity contribution < 1.29 is 5.11 Å². The first-order valence-electron chi connectivity index (χ1n) is 5.39. The SMILES string of the molecule is Cn1c(=O)c2cccc(O)c2c2ccccc21. The molecule has 84 valence electrons. The highest BCUT2D eigenvalue weighted by Gasteiger charge is 2.10. The van der Waals surface area contributed by atoms with Gasteiger partial charge in [-0.3, -0.25) is 4.79 Å². The minimum atomic E-state index is -0.0883. The van der Waals surface area contributed by atoms with Crippen molar-refractivity contribution in [3.63, 3.8) is 0 Å². The van der Waals surface area contributed by atoms with Gasteiger partial charge < -0.3 is 9.67 Å². The molecule has 17 heavy (non-hydrogen) atoms. The Labute approximate surface area is 97.5 Å². The van der Waals surface area contributed by atoms with Crippen molar-refractivity contribution in [2.75, 3.05) is 0 Å². The number of benzene rings is 2. The van der Waals surface area contributed by atoms with E-state index in [1.54, 1.807) is 29.8 Å². The summed E-state index contributed by atoms with van der Waals surface area (Å²) in [6, 6.07) is 12.6. The zero-order valence-electron chi connectivity index (χ0n) is 9.34. The van der Waals surface area contributed by atoms with Gasteiger partial charge in [-0.1, -0.05) is 24.3 Å². The number of phenols is 1. The molecule has 3 rings (SSSR count). The molecule has 0 aliphatic carbocycles. The molecule has 1 heterocycles. The molecule has 3 aromatic rings. The van der Waals surface area contributed by atoms with Crippen LogP contribution < -0.4 is 5.56 Å². The first kappa shape index (κ1) is 9.90. The second-order valence-corrected chi connectivity index (χ2v) is 4.08. The van der Waals surface area contributed by atoms with Crippen LogP contribution in [0.15, 0.2) is 47.3 Å². The average Bonchev–Trinajstić information content (AvgIpc) is 2.36. The van der Waals surface area contributed by atoms with Gasteiger partial charge in [0.05, 0.1) is 10.9 Å². The average molecular weight is 225 g/mol. The maximum Gasteiger partial charge on any atom is 0.258 e. The standard InChI is InChI=1S/C14H11NO2/c1-15-11-7-3-2-5-9(11)13-10(14(15)17)6-4-8-12(13)16/h2-8,16H,1H3. The fourth-order valence-corrected chi connectivity index (χ4v) is 2.27. The molecule has 0 amide bonds. The second kappa shape index (κ2) is 3.35. The van der Waals surface area contributed by atoms with Gasteiger partial charge in [0.2, 0.25) is 0 Å². The lowest BCUT2D eigenvalue weighted by Gasteiger charge is -2.09. The molecule has 0 saturated carbocycles. The number of hydrogen-bond acceptors (Lipinski definition) is 2. The molecule has 0 unspecified atom stereocenters. The van der Waals surface area contributed by atoms with Crippen LogP contribution in [0.25, 0.3) is 21.7 Å². The van der Waals surface area contributed by atoms with Gasteiger partial charge in [0.25, 0.3) is 5.56 Å². The molecular formula is C14H11NO2. The van der Waals surface area contributed by atoms with Crippen LogP contribution >= 0.6 is 0 Å². The maximum absolute atomic E-state index is 12.1. The molecule has 0 fully saturated rings. The highest BCUT2D eigenvalue weighted by Crippen LogP contribution is 2.29. The maximum atomic E-state index is 12.1. The molecule has 0 radical (unpaired) electrons. The largest absolute Gasteiger partial charge is 0.507 e. The van der Waals surface area contributed by atoms with E-state index in [0.29, 0.717) is 10.8 Å². The topological polar surface area (TPSA) is 42.2 Å². The number of aromatic nitrogens is 1. The summed E-state index contributed by atoms with van der Waals surface area (Å²) in [7, 11) is 1.74. The van der Waals surface area contributed by atoms with Crippen molar-refractivity contribution in [1.29, 1.82) is 0 Å². The van der Waals surface area contributed by atoms with Gasteiger partial charge in [0, 0.05) is 17.8 Å². The van der Waals surface area contributed by atoms with Crippen LogP contribution in [-0.2, 0) is 7.05 Å². The fourth-order valence-electron chi connectivity index (χ4n) is 2.27. The quantitative estimate of drug-likeness (QED) is 0.597. The van der Waals surface area contributed by atoms with Gasteiger partial charge in [-0.25, -0.2) is 0 Å². The van der Waals surface area contributed by atoms with Gasteiger partial charge >= 0.3 is 0 Å². The number of fused-ring (bicyclic) bond motifs is 3. The van der Waals surface area contributed by atoms with Crippen LogP contribution in [0.1, 0.15) is 0 Å². The summed E-state index contributed by atoms with van der Waals surface area (Å²) in [5.41, 5.74) is 0.737. The number of para-hydroxylation sites is 1. The molecule has 0 aliphatic rings. The van der Waals surface area contributed by atoms with Crippen LogP contribution in [0.3, 0.4) is 0 Å². The molecule has 0 atom stereocenters. The highest BCUT2D eigenvalue weighted by molar-refractivity contribution is 6.08. The normalized spacial score (nSPS) is 11.1. The molecule has 1 N–H and O–H groups in total. The Morgan fingerprint density at radius 3 is 2.53 bits per heavy atom. The number of nitrogens with zero attached hydrogens (tertiary/aromatic N) is 1. The smallest absolute Gasteiger partial charge is 0.258 e. The Bertz CT molecular complexity index is 787. The number of pyridine rings is 1. The Morgan fingerprint density at radius 1 is 1.00 bits per heavy atom. The Morgan fingerprint density at radius 2 is 1.71 bits per heavy atom. The van der Waals surface area contributed by atoms with E-state index >= 15 is 0 Å². The molecule has 0 aliphatic heterocycles. The van der Waals surface area contributed by atoms with E-state index in [4.69, 9.17) is 0 Å². The van der Waals surface area contributed by atoms with E-state index in [9.17, 15) is 9.90 Å². The van der Waals surface area contributed by atoms with Crippen LogP contribution in [-0.4, -0.2) is 9.67 Å². The van der Waals surface area contributed by atoms with Crippen LogP contribution in [0.4, 0.5) is 0 Å². The number of hydrogen-bond donors (Lipinski definition) is 1. The number of phenolic OH excluding ortho intramolecular Hbond substituents is 1. The summed E-state index contributed by atoms with van der Waals surface area (Å²) in [6.07, 6.45) is 0. The van der Waals surface area contributed by atoms with E-state index < -0.39 is 0 Å². The fraction of sp³-hybridized carbons (Fsp3) is 0.0714. The molecule has 3 heteroatoms. The zero-order chi connectivity index (χ0) is 12.0. The van der Waals surface area contributed by atoms with Crippen molar-refractivity contribution >= 4 is 21.7 Å². The Kier molecular flexibility index (Phi) is 1.95. The summed E-state index contributed by atoms with van der Waals surface area (Å²) in [4.78, 5) is 12.1. The Hall–Kier alpha value is -2.29. The summed E-state index contributed by atoms with van der Waals surface area (Å²) < 4.78 is 1.61. The van der Waals surface area contributed by atoms with Gasteiger partial charge in [0.15, 0.2) is 0 Å². The van der Waals surface area contributed by atoms with Gasteiger partial charge in [-0.2, -0.15) is 0 Å². The zero-order valence-corrected chi connectivity index (χ0v) is 9.34. The van der Waals surface area contributed by atoms with E-state index in [-0.39, 0.29) is 11.3 Å². The summed E-state index contributed by atoms with van der Waals surface area (Å²) in [5.74, 6) is 0.149. The number of rotatable bonds is 0. The number of aryl methyl sites for hydroxylation is 1. The summed E-state index contributed by atoms with van der Waals surface area (Å²) in [5, 5.41) is 12.0. The van der Waals surface area contributed by atoms with E-state index in [1.165, 1.54) is 0 Å². The first-order chi connectivity index (χ1) is 8.20. The lowest BCUT2D eigenvalue weighted by atomic mass is 10.1. The van der Waals surface area contributed by atoms with Crippen molar-refractivity contribution in [2.45, 2.75) is 0 Å². The van der Waals surface area contributed by atoms with E-state index in [0.717, 1.165) is 10.9 Å².